The summed E-state index contributed by atoms with van der Waals surface area (Å²) in [5, 5.41) is 26.2. The van der Waals surface area contributed by atoms with E-state index in [9.17, 15) is 43.8 Å². The maximum absolute atomic E-state index is 13.6. The number of aliphatic hydroxyl groups is 2. The predicted octanol–water partition coefficient (Wildman–Crippen LogP) is -0.852. The Labute approximate surface area is 281 Å². The molecule has 18 nitrogen and oxygen atoms in total. The second-order valence-electron chi connectivity index (χ2n) is 12.3. The molecule has 2 aliphatic carbocycles. The van der Waals surface area contributed by atoms with Crippen LogP contribution in [0.15, 0.2) is 5.16 Å². The third-order valence-electron chi connectivity index (χ3n) is 8.94. The van der Waals surface area contributed by atoms with Crippen LogP contribution in [0.3, 0.4) is 0 Å². The lowest BCUT2D eigenvalue weighted by atomic mass is 9.60. The molecule has 0 aromatic carbocycles. The molecule has 2 heterocycles. The SMILES string of the molecule is CCOC(=O)CCN1C(=O)[C@H]2[C@H]3[C@H](O)[C@H](O)C/C(=N\O[C@@H]4O[C@H](COC(C)=O)C(OC(C)=O)[C@H](OC(C)=O)C4OC(C)=O)[C@H]3CC[C@H]2C1=O. The van der Waals surface area contributed by atoms with Gasteiger partial charge in [0.1, 0.15) is 12.7 Å². The van der Waals surface area contributed by atoms with Crippen molar-refractivity contribution in [2.75, 3.05) is 19.8 Å². The summed E-state index contributed by atoms with van der Waals surface area (Å²) in [5.74, 6) is -8.20. The molecule has 2 saturated heterocycles. The maximum Gasteiger partial charge on any atom is 0.307 e. The van der Waals surface area contributed by atoms with Crippen molar-refractivity contribution in [3.05, 3.63) is 0 Å². The number of aliphatic hydroxyl groups excluding tert-OH is 2. The summed E-state index contributed by atoms with van der Waals surface area (Å²) in [6, 6.07) is 0. The predicted molar refractivity (Wildman–Crippen MR) is 158 cm³/mol. The second-order valence-corrected chi connectivity index (χ2v) is 12.3. The van der Waals surface area contributed by atoms with Crippen LogP contribution in [0.1, 0.15) is 60.3 Å². The number of fused-ring (bicyclic) bond motifs is 3. The highest BCUT2D eigenvalue weighted by Crippen LogP contribution is 2.49. The third-order valence-corrected chi connectivity index (χ3v) is 8.94. The molecule has 272 valence electrons. The minimum absolute atomic E-state index is 0.140. The zero-order chi connectivity index (χ0) is 36.2. The summed E-state index contributed by atoms with van der Waals surface area (Å²) in [4.78, 5) is 93.4. The van der Waals surface area contributed by atoms with E-state index in [1.165, 1.54) is 0 Å². The molecule has 2 aliphatic heterocycles. The van der Waals surface area contributed by atoms with Gasteiger partial charge in [0.05, 0.1) is 42.8 Å². The molecule has 0 bridgehead atoms. The van der Waals surface area contributed by atoms with E-state index in [1.807, 2.05) is 0 Å². The minimum Gasteiger partial charge on any atom is -0.466 e. The molecule has 0 aromatic heterocycles. The number of imide groups is 1. The first-order valence-corrected chi connectivity index (χ1v) is 16.0. The number of nitrogens with zero attached hydrogens (tertiary/aromatic N) is 2. The molecule has 2 N–H and O–H groups in total. The maximum atomic E-state index is 13.6. The van der Waals surface area contributed by atoms with Crippen LogP contribution >= 0.6 is 0 Å². The van der Waals surface area contributed by atoms with Crippen LogP contribution in [0, 0.1) is 23.7 Å². The lowest BCUT2D eigenvalue weighted by molar-refractivity contribution is -0.308. The third kappa shape index (κ3) is 8.53. The largest absolute Gasteiger partial charge is 0.466 e. The quantitative estimate of drug-likeness (QED) is 0.116. The van der Waals surface area contributed by atoms with Gasteiger partial charge in [-0.25, -0.2) is 0 Å². The highest BCUT2D eigenvalue weighted by Gasteiger charge is 2.60. The Balaban J connectivity index is 1.63. The Bertz CT molecular complexity index is 1350. The Morgan fingerprint density at radius 3 is 2.06 bits per heavy atom. The van der Waals surface area contributed by atoms with Crippen LogP contribution < -0.4 is 0 Å². The summed E-state index contributed by atoms with van der Waals surface area (Å²) < 4.78 is 32.0. The van der Waals surface area contributed by atoms with E-state index in [2.05, 4.69) is 5.16 Å². The molecular formula is C31H42N2O16. The average molecular weight is 699 g/mol. The van der Waals surface area contributed by atoms with Gasteiger partial charge in [0, 0.05) is 52.5 Å². The number of amides is 2. The molecule has 2 amide bonds. The number of hydrogen-bond donors (Lipinski definition) is 2. The fraction of sp³-hybridized carbons (Fsp3) is 0.742. The van der Waals surface area contributed by atoms with Crippen molar-refractivity contribution in [2.24, 2.45) is 28.8 Å². The normalized spacial score (nSPS) is 34.7. The number of esters is 5. The van der Waals surface area contributed by atoms with Crippen molar-refractivity contribution in [3.8, 4) is 0 Å². The summed E-state index contributed by atoms with van der Waals surface area (Å²) in [5.41, 5.74) is 0.208. The molecule has 4 rings (SSSR count). The first-order chi connectivity index (χ1) is 23.1. The van der Waals surface area contributed by atoms with Crippen LogP contribution in [-0.4, -0.2) is 125 Å². The molecule has 4 aliphatic rings. The molecule has 4 fully saturated rings. The van der Waals surface area contributed by atoms with Gasteiger partial charge in [-0.3, -0.25) is 38.5 Å². The van der Waals surface area contributed by atoms with E-state index < -0.39 is 115 Å². The number of rotatable bonds is 11. The van der Waals surface area contributed by atoms with E-state index in [4.69, 9.17) is 33.3 Å². The van der Waals surface area contributed by atoms with Crippen molar-refractivity contribution < 1.29 is 77.0 Å². The smallest absolute Gasteiger partial charge is 0.307 e. The molecule has 0 radical (unpaired) electrons. The fourth-order valence-corrected chi connectivity index (χ4v) is 7.09. The highest BCUT2D eigenvalue weighted by molar-refractivity contribution is 6.06. The van der Waals surface area contributed by atoms with Crippen molar-refractivity contribution in [1.29, 1.82) is 0 Å². The first kappa shape index (κ1) is 37.7. The summed E-state index contributed by atoms with van der Waals surface area (Å²) >= 11 is 0. The van der Waals surface area contributed by atoms with Crippen molar-refractivity contribution >= 4 is 47.4 Å². The number of likely N-dealkylation sites (tertiary alicyclic amines) is 1. The highest BCUT2D eigenvalue weighted by atomic mass is 16.8. The van der Waals surface area contributed by atoms with Gasteiger partial charge >= 0.3 is 29.8 Å². The Morgan fingerprint density at radius 2 is 1.45 bits per heavy atom. The first-order valence-electron chi connectivity index (χ1n) is 16.0. The van der Waals surface area contributed by atoms with E-state index in [-0.39, 0.29) is 44.5 Å². The molecule has 0 spiro atoms. The minimum atomic E-state index is -1.64. The number of ether oxygens (including phenoxy) is 6. The molecule has 49 heavy (non-hydrogen) atoms. The van der Waals surface area contributed by atoms with Gasteiger partial charge in [-0.15, -0.1) is 0 Å². The van der Waals surface area contributed by atoms with Crippen LogP contribution in [0.5, 0.6) is 0 Å². The van der Waals surface area contributed by atoms with Crippen LogP contribution in [-0.2, 0) is 66.8 Å². The van der Waals surface area contributed by atoms with E-state index in [1.54, 1.807) is 6.92 Å². The summed E-state index contributed by atoms with van der Waals surface area (Å²) in [6.07, 6.45) is -10.1. The zero-order valence-corrected chi connectivity index (χ0v) is 27.8. The van der Waals surface area contributed by atoms with Crippen LogP contribution in [0.2, 0.25) is 0 Å². The molecule has 2 saturated carbocycles. The monoisotopic (exact) mass is 698 g/mol. The lowest BCUT2D eigenvalue weighted by Crippen LogP contribution is -2.62. The van der Waals surface area contributed by atoms with Gasteiger partial charge < -0.3 is 43.5 Å². The van der Waals surface area contributed by atoms with Gasteiger partial charge in [0.2, 0.25) is 17.9 Å². The van der Waals surface area contributed by atoms with Crippen molar-refractivity contribution in [2.45, 2.75) is 103 Å². The van der Waals surface area contributed by atoms with Gasteiger partial charge in [0.15, 0.2) is 12.2 Å². The number of carbonyl (C=O) groups excluding carboxylic acids is 7. The van der Waals surface area contributed by atoms with Gasteiger partial charge in [-0.2, -0.15) is 0 Å². The summed E-state index contributed by atoms with van der Waals surface area (Å²) in [6.45, 7) is 5.44. The van der Waals surface area contributed by atoms with E-state index in [0.29, 0.717) is 0 Å². The molecule has 2 unspecified atom stereocenters. The van der Waals surface area contributed by atoms with Crippen LogP contribution in [0.4, 0.5) is 0 Å². The lowest BCUT2D eigenvalue weighted by Gasteiger charge is -2.46. The molecule has 0 aromatic rings. The zero-order valence-electron chi connectivity index (χ0n) is 27.8. The van der Waals surface area contributed by atoms with Crippen molar-refractivity contribution in [1.82, 2.24) is 4.90 Å². The Morgan fingerprint density at radius 1 is 0.837 bits per heavy atom. The summed E-state index contributed by atoms with van der Waals surface area (Å²) in [7, 11) is 0. The standard InChI is InChI=1S/C31H42N2O16/c1-6-43-22(39)9-10-33-29(41)18-8-7-17-19(11-20(38)25(40)23(17)24(18)30(33)42)32-49-31-28(47-16(5)37)27(46-15(4)36)26(45-14(3)35)21(48-31)12-44-13(2)34/h17-18,20-21,23-28,31,38,40H,6-12H2,1-5H3/b32-19+/t17-,18-,20-,21-,23+,24-,25-,26?,27+,28?,31+/m1/s1. The van der Waals surface area contributed by atoms with Crippen molar-refractivity contribution in [3.63, 3.8) is 0 Å². The molecule has 11 atom stereocenters. The second kappa shape index (κ2) is 16.0. The van der Waals surface area contributed by atoms with E-state index >= 15 is 0 Å². The van der Waals surface area contributed by atoms with Crippen LogP contribution in [0.25, 0.3) is 0 Å². The number of hydrogen-bond acceptors (Lipinski definition) is 17. The molecular weight excluding hydrogens is 656 g/mol. The Kier molecular flexibility index (Phi) is 12.3. The fourth-order valence-electron chi connectivity index (χ4n) is 7.09. The van der Waals surface area contributed by atoms with Gasteiger partial charge in [-0.1, -0.05) is 5.16 Å². The van der Waals surface area contributed by atoms with E-state index in [0.717, 1.165) is 32.6 Å². The molecule has 18 heteroatoms. The van der Waals surface area contributed by atoms with Gasteiger partial charge in [-0.05, 0) is 19.8 Å². The van der Waals surface area contributed by atoms with Gasteiger partial charge in [0.25, 0.3) is 6.29 Å². The number of carbonyl (C=O) groups is 7. The average Bonchev–Trinajstić information content (AvgIpc) is 3.26. The Hall–Kier alpha value is -4.16. The topological polar surface area (TPSA) is 240 Å². The number of oxime groups is 1.